The molecule has 1 unspecified atom stereocenters. The molecule has 0 aliphatic carbocycles. The van der Waals surface area contributed by atoms with E-state index in [-0.39, 0.29) is 6.61 Å². The number of rotatable bonds is 6. The molecule has 0 aromatic rings. The van der Waals surface area contributed by atoms with Gasteiger partial charge in [-0.1, -0.05) is 0 Å². The number of methoxy groups -OCH3 is 2. The van der Waals surface area contributed by atoms with Crippen LogP contribution in [-0.2, 0) is 33.4 Å². The number of carbonyl (C=O) groups excluding carboxylic acids is 4. The average Bonchev–Trinajstić information content (AvgIpc) is 2.42. The van der Waals surface area contributed by atoms with Gasteiger partial charge in [-0.2, -0.15) is 0 Å². The van der Waals surface area contributed by atoms with Gasteiger partial charge >= 0.3 is 17.9 Å². The van der Waals surface area contributed by atoms with E-state index in [9.17, 15) is 19.2 Å². The van der Waals surface area contributed by atoms with Crippen LogP contribution >= 0.6 is 0 Å². The van der Waals surface area contributed by atoms with Crippen molar-refractivity contribution < 1.29 is 33.4 Å². The molecule has 0 aliphatic heterocycles. The zero-order valence-corrected chi connectivity index (χ0v) is 12.1. The Morgan fingerprint density at radius 2 is 1.65 bits per heavy atom. The minimum atomic E-state index is -1.93. The van der Waals surface area contributed by atoms with Gasteiger partial charge in [0, 0.05) is 6.08 Å². The fourth-order valence-electron chi connectivity index (χ4n) is 1.41. The molecule has 0 saturated heterocycles. The number of Topliss-reactive ketones (excluding diaryl/α,β-unsaturated/α-hetero) is 1. The van der Waals surface area contributed by atoms with Gasteiger partial charge in [0.2, 0.25) is 0 Å². The van der Waals surface area contributed by atoms with E-state index in [1.807, 2.05) is 0 Å². The molecule has 20 heavy (non-hydrogen) atoms. The molecule has 7 nitrogen and oxygen atoms in total. The van der Waals surface area contributed by atoms with Crippen LogP contribution in [0.1, 0.15) is 20.8 Å². The van der Waals surface area contributed by atoms with Crippen LogP contribution in [-0.4, -0.2) is 44.5 Å². The Hall–Kier alpha value is -2.18. The molecule has 0 aromatic carbocycles. The molecule has 0 saturated carbocycles. The van der Waals surface area contributed by atoms with Gasteiger partial charge in [-0.25, -0.2) is 9.59 Å². The summed E-state index contributed by atoms with van der Waals surface area (Å²) in [6, 6.07) is 0. The standard InChI is InChI=1S/C13H18O7/c1-6-20-12(17)13(3,8(2)14)9(11(16)19-5)7-10(15)18-4/h7H,6H2,1-5H3/b9-7-. The Morgan fingerprint density at radius 1 is 1.10 bits per heavy atom. The summed E-state index contributed by atoms with van der Waals surface area (Å²) in [5.41, 5.74) is -2.37. The van der Waals surface area contributed by atoms with E-state index in [2.05, 4.69) is 9.47 Å². The molecule has 7 heteroatoms. The van der Waals surface area contributed by atoms with Crippen LogP contribution in [0.2, 0.25) is 0 Å². The SMILES string of the molecule is CCOC(=O)C(C)(C(C)=O)/C(=C\C(=O)OC)C(=O)OC. The molecule has 0 fully saturated rings. The van der Waals surface area contributed by atoms with Crippen LogP contribution in [0.3, 0.4) is 0 Å². The first-order valence-electron chi connectivity index (χ1n) is 5.82. The highest BCUT2D eigenvalue weighted by Crippen LogP contribution is 2.31. The van der Waals surface area contributed by atoms with Crippen LogP contribution < -0.4 is 0 Å². The molecule has 0 bridgehead atoms. The lowest BCUT2D eigenvalue weighted by molar-refractivity contribution is -0.158. The Balaban J connectivity index is 5.98. The Labute approximate surface area is 116 Å². The molecule has 0 N–H and O–H groups in total. The van der Waals surface area contributed by atoms with E-state index in [0.717, 1.165) is 27.2 Å². The number of ketones is 1. The smallest absolute Gasteiger partial charge is 0.335 e. The molecule has 0 aromatic heterocycles. The van der Waals surface area contributed by atoms with Crippen molar-refractivity contribution in [2.45, 2.75) is 20.8 Å². The second-order valence-corrected chi connectivity index (χ2v) is 3.97. The van der Waals surface area contributed by atoms with Crippen LogP contribution in [0.15, 0.2) is 11.6 Å². The Kier molecular flexibility index (Phi) is 6.61. The maximum Gasteiger partial charge on any atom is 0.335 e. The lowest BCUT2D eigenvalue weighted by Gasteiger charge is -2.25. The molecular formula is C13H18O7. The zero-order valence-electron chi connectivity index (χ0n) is 12.1. The van der Waals surface area contributed by atoms with Crippen molar-refractivity contribution in [2.24, 2.45) is 5.41 Å². The maximum absolute atomic E-state index is 12.0. The third-order valence-corrected chi connectivity index (χ3v) is 2.80. The number of esters is 3. The van der Waals surface area contributed by atoms with Crippen molar-refractivity contribution in [1.29, 1.82) is 0 Å². The summed E-state index contributed by atoms with van der Waals surface area (Å²) in [6.07, 6.45) is 0.754. The molecule has 0 heterocycles. The van der Waals surface area contributed by atoms with E-state index in [4.69, 9.17) is 4.74 Å². The summed E-state index contributed by atoms with van der Waals surface area (Å²) in [4.78, 5) is 46.9. The predicted molar refractivity (Wildman–Crippen MR) is 67.5 cm³/mol. The first kappa shape index (κ1) is 17.8. The second kappa shape index (κ2) is 7.42. The predicted octanol–water partition coefficient (Wildman–Crippen LogP) is 0.417. The summed E-state index contributed by atoms with van der Waals surface area (Å²) in [5, 5.41) is 0. The topological polar surface area (TPSA) is 96.0 Å². The monoisotopic (exact) mass is 286 g/mol. The summed E-state index contributed by atoms with van der Waals surface area (Å²) < 4.78 is 13.7. The van der Waals surface area contributed by atoms with Crippen molar-refractivity contribution >= 4 is 23.7 Å². The van der Waals surface area contributed by atoms with Crippen molar-refractivity contribution in [3.05, 3.63) is 11.6 Å². The average molecular weight is 286 g/mol. The van der Waals surface area contributed by atoms with E-state index in [1.54, 1.807) is 6.92 Å². The third kappa shape index (κ3) is 3.66. The van der Waals surface area contributed by atoms with E-state index < -0.39 is 34.7 Å². The minimum Gasteiger partial charge on any atom is -0.466 e. The molecule has 0 rings (SSSR count). The lowest BCUT2D eigenvalue weighted by atomic mass is 9.78. The summed E-state index contributed by atoms with van der Waals surface area (Å²) in [7, 11) is 2.17. The highest BCUT2D eigenvalue weighted by atomic mass is 16.5. The summed E-state index contributed by atoms with van der Waals surface area (Å²) >= 11 is 0. The van der Waals surface area contributed by atoms with E-state index >= 15 is 0 Å². The number of hydrogen-bond acceptors (Lipinski definition) is 7. The second-order valence-electron chi connectivity index (χ2n) is 3.97. The van der Waals surface area contributed by atoms with Gasteiger partial charge in [-0.15, -0.1) is 0 Å². The van der Waals surface area contributed by atoms with Gasteiger partial charge in [-0.05, 0) is 20.8 Å². The van der Waals surface area contributed by atoms with Gasteiger partial charge in [0.05, 0.1) is 26.4 Å². The van der Waals surface area contributed by atoms with E-state index in [0.29, 0.717) is 0 Å². The van der Waals surface area contributed by atoms with Gasteiger partial charge in [-0.3, -0.25) is 9.59 Å². The van der Waals surface area contributed by atoms with Gasteiger partial charge in [0.15, 0.2) is 11.2 Å². The fourth-order valence-corrected chi connectivity index (χ4v) is 1.41. The highest BCUT2D eigenvalue weighted by molar-refractivity contribution is 6.14. The third-order valence-electron chi connectivity index (χ3n) is 2.80. The van der Waals surface area contributed by atoms with Crippen molar-refractivity contribution in [1.82, 2.24) is 0 Å². The summed E-state index contributed by atoms with van der Waals surface area (Å²) in [5.74, 6) is -3.46. The first-order valence-corrected chi connectivity index (χ1v) is 5.82. The van der Waals surface area contributed by atoms with Gasteiger partial charge in [0.1, 0.15) is 0 Å². The van der Waals surface area contributed by atoms with Crippen molar-refractivity contribution in [2.75, 3.05) is 20.8 Å². The normalized spacial score (nSPS) is 13.9. The zero-order chi connectivity index (χ0) is 15.9. The van der Waals surface area contributed by atoms with Gasteiger partial charge in [0.25, 0.3) is 0 Å². The number of carbonyl (C=O) groups is 4. The minimum absolute atomic E-state index is 0.0222. The van der Waals surface area contributed by atoms with Gasteiger partial charge < -0.3 is 14.2 Å². The first-order chi connectivity index (χ1) is 9.25. The Bertz CT molecular complexity index is 450. The fraction of sp³-hybridized carbons (Fsp3) is 0.538. The van der Waals surface area contributed by atoms with Crippen LogP contribution in [0.5, 0.6) is 0 Å². The number of ether oxygens (including phenoxy) is 3. The largest absolute Gasteiger partial charge is 0.466 e. The van der Waals surface area contributed by atoms with Crippen molar-refractivity contribution in [3.8, 4) is 0 Å². The maximum atomic E-state index is 12.0. The molecule has 1 atom stereocenters. The molecular weight excluding hydrogens is 268 g/mol. The van der Waals surface area contributed by atoms with Crippen LogP contribution in [0, 0.1) is 5.41 Å². The number of hydrogen-bond donors (Lipinski definition) is 0. The Morgan fingerprint density at radius 3 is 2.00 bits per heavy atom. The highest BCUT2D eigenvalue weighted by Gasteiger charge is 2.47. The lowest BCUT2D eigenvalue weighted by Crippen LogP contribution is -2.41. The summed E-state index contributed by atoms with van der Waals surface area (Å²) in [6.45, 7) is 3.89. The molecule has 0 amide bonds. The van der Waals surface area contributed by atoms with Crippen LogP contribution in [0.4, 0.5) is 0 Å². The molecule has 0 spiro atoms. The van der Waals surface area contributed by atoms with Crippen LogP contribution in [0.25, 0.3) is 0 Å². The molecule has 112 valence electrons. The van der Waals surface area contributed by atoms with Crippen molar-refractivity contribution in [3.63, 3.8) is 0 Å². The quantitative estimate of drug-likeness (QED) is 0.302. The molecule has 0 radical (unpaired) electrons. The molecule has 0 aliphatic rings. The van der Waals surface area contributed by atoms with E-state index in [1.165, 1.54) is 6.92 Å².